The molecule has 21 heavy (non-hydrogen) atoms. The second-order valence-corrected chi connectivity index (χ2v) is 5.59. The molecule has 1 atom stereocenters. The minimum Gasteiger partial charge on any atom is -0.486 e. The van der Waals surface area contributed by atoms with Crippen molar-refractivity contribution >= 4 is 17.4 Å². The highest BCUT2D eigenvalue weighted by Crippen LogP contribution is 2.31. The number of benzene rings is 1. The van der Waals surface area contributed by atoms with Gasteiger partial charge in [-0.3, -0.25) is 4.68 Å². The molecule has 0 bridgehead atoms. The molecule has 0 spiro atoms. The van der Waals surface area contributed by atoms with Gasteiger partial charge in [-0.1, -0.05) is 11.6 Å². The van der Waals surface area contributed by atoms with E-state index in [0.29, 0.717) is 23.2 Å². The van der Waals surface area contributed by atoms with E-state index < -0.39 is 0 Å². The summed E-state index contributed by atoms with van der Waals surface area (Å²) >= 11 is 6.31. The lowest BCUT2D eigenvalue weighted by molar-refractivity contribution is 0.00748. The summed E-state index contributed by atoms with van der Waals surface area (Å²) in [5, 5.41) is 4.91. The Bertz CT molecular complexity index is 616. The van der Waals surface area contributed by atoms with Crippen molar-refractivity contribution in [2.75, 3.05) is 18.9 Å². The number of halogens is 1. The van der Waals surface area contributed by atoms with E-state index in [-0.39, 0.29) is 6.10 Å². The van der Waals surface area contributed by atoms with Crippen LogP contribution in [0.15, 0.2) is 24.3 Å². The number of hydrogen-bond donors (Lipinski definition) is 1. The highest BCUT2D eigenvalue weighted by Gasteiger charge is 2.17. The van der Waals surface area contributed by atoms with Crippen molar-refractivity contribution in [3.63, 3.8) is 0 Å². The second-order valence-electron chi connectivity index (χ2n) is 5.18. The number of nitrogens with two attached hydrogens (primary N) is 1. The minimum absolute atomic E-state index is 0.0765. The Labute approximate surface area is 128 Å². The lowest BCUT2D eigenvalue weighted by Gasteiger charge is -2.23. The van der Waals surface area contributed by atoms with Crippen molar-refractivity contribution < 1.29 is 9.47 Å². The maximum absolute atomic E-state index is 6.31. The first-order chi connectivity index (χ1) is 10.1. The Hall–Kier alpha value is -1.72. The molecule has 5 nitrogen and oxygen atoms in total. The molecule has 1 aliphatic rings. The molecule has 1 aliphatic heterocycles. The molecule has 1 aromatic heterocycles. The van der Waals surface area contributed by atoms with Gasteiger partial charge in [0.15, 0.2) is 0 Å². The Morgan fingerprint density at radius 1 is 1.43 bits per heavy atom. The van der Waals surface area contributed by atoms with E-state index in [0.717, 1.165) is 30.7 Å². The first-order valence-corrected chi connectivity index (χ1v) is 7.35. The number of ether oxygens (including phenoxy) is 2. The molecule has 1 unspecified atom stereocenters. The molecule has 0 aliphatic carbocycles. The fraction of sp³-hybridized carbons (Fsp3) is 0.400. The van der Waals surface area contributed by atoms with E-state index >= 15 is 0 Å². The zero-order chi connectivity index (χ0) is 14.8. The maximum atomic E-state index is 6.31. The van der Waals surface area contributed by atoms with Crippen molar-refractivity contribution in [2.45, 2.75) is 18.9 Å². The summed E-state index contributed by atoms with van der Waals surface area (Å²) in [6.45, 7) is 1.43. The van der Waals surface area contributed by atoms with E-state index in [2.05, 4.69) is 5.10 Å². The number of anilines is 1. The number of rotatable bonds is 3. The van der Waals surface area contributed by atoms with Crippen LogP contribution in [0.4, 0.5) is 5.82 Å². The Kier molecular flexibility index (Phi) is 4.03. The number of nitrogens with zero attached hydrogens (tertiary/aromatic N) is 2. The van der Waals surface area contributed by atoms with Gasteiger partial charge in [-0.05, 0) is 31.0 Å². The van der Waals surface area contributed by atoms with Crippen LogP contribution in [0.2, 0.25) is 5.02 Å². The zero-order valence-electron chi connectivity index (χ0n) is 11.9. The molecule has 2 aromatic rings. The zero-order valence-corrected chi connectivity index (χ0v) is 12.6. The van der Waals surface area contributed by atoms with E-state index in [1.165, 1.54) is 0 Å². The van der Waals surface area contributed by atoms with Crippen LogP contribution >= 0.6 is 11.6 Å². The monoisotopic (exact) mass is 307 g/mol. The summed E-state index contributed by atoms with van der Waals surface area (Å²) in [6.07, 6.45) is 2.09. The SMILES string of the molecule is Cn1nc(-c2ccc(OC3CCCOC3)c(Cl)c2)cc1N. The molecule has 2 N–H and O–H groups in total. The fourth-order valence-corrected chi connectivity index (χ4v) is 2.59. The van der Waals surface area contributed by atoms with Crippen LogP contribution in [0.5, 0.6) is 5.75 Å². The standard InChI is InChI=1S/C15H18ClN3O2/c1-19-15(17)8-13(18-19)10-4-5-14(12(16)7-10)21-11-3-2-6-20-9-11/h4-5,7-8,11H,2-3,6,9,17H2,1H3. The van der Waals surface area contributed by atoms with Crippen molar-refractivity contribution in [3.05, 3.63) is 29.3 Å². The largest absolute Gasteiger partial charge is 0.486 e. The van der Waals surface area contributed by atoms with Crippen LogP contribution < -0.4 is 10.5 Å². The maximum Gasteiger partial charge on any atom is 0.138 e. The van der Waals surface area contributed by atoms with Gasteiger partial charge in [0.1, 0.15) is 17.7 Å². The van der Waals surface area contributed by atoms with Crippen LogP contribution in [-0.4, -0.2) is 29.1 Å². The van der Waals surface area contributed by atoms with Gasteiger partial charge >= 0.3 is 0 Å². The number of nitrogen functional groups attached to an aromatic ring is 1. The Morgan fingerprint density at radius 3 is 2.90 bits per heavy atom. The first-order valence-electron chi connectivity index (χ1n) is 6.97. The third kappa shape index (κ3) is 3.14. The topological polar surface area (TPSA) is 62.3 Å². The van der Waals surface area contributed by atoms with E-state index in [9.17, 15) is 0 Å². The Balaban J connectivity index is 1.79. The fourth-order valence-electron chi connectivity index (χ4n) is 2.36. The summed E-state index contributed by atoms with van der Waals surface area (Å²) < 4.78 is 12.9. The Morgan fingerprint density at radius 2 is 2.29 bits per heavy atom. The molecule has 1 fully saturated rings. The van der Waals surface area contributed by atoms with Crippen LogP contribution in [0.1, 0.15) is 12.8 Å². The highest BCUT2D eigenvalue weighted by atomic mass is 35.5. The highest BCUT2D eigenvalue weighted by molar-refractivity contribution is 6.32. The molecule has 3 rings (SSSR count). The molecule has 0 radical (unpaired) electrons. The molecular formula is C15H18ClN3O2. The van der Waals surface area contributed by atoms with Crippen molar-refractivity contribution in [1.82, 2.24) is 9.78 Å². The molecule has 0 amide bonds. The average molecular weight is 308 g/mol. The van der Waals surface area contributed by atoms with Crippen molar-refractivity contribution in [1.29, 1.82) is 0 Å². The number of aromatic nitrogens is 2. The molecule has 6 heteroatoms. The van der Waals surface area contributed by atoms with Crippen molar-refractivity contribution in [2.24, 2.45) is 7.05 Å². The minimum atomic E-state index is 0.0765. The van der Waals surface area contributed by atoms with E-state index in [1.807, 2.05) is 24.3 Å². The number of aryl methyl sites for hydroxylation is 1. The van der Waals surface area contributed by atoms with Crippen LogP contribution in [-0.2, 0) is 11.8 Å². The quantitative estimate of drug-likeness (QED) is 0.947. The van der Waals surface area contributed by atoms with Gasteiger partial charge < -0.3 is 15.2 Å². The summed E-state index contributed by atoms with van der Waals surface area (Å²) in [5.74, 6) is 1.29. The van der Waals surface area contributed by atoms with Crippen LogP contribution in [0, 0.1) is 0 Å². The third-order valence-corrected chi connectivity index (χ3v) is 3.85. The van der Waals surface area contributed by atoms with Crippen molar-refractivity contribution in [3.8, 4) is 17.0 Å². The van der Waals surface area contributed by atoms with Gasteiger partial charge in [0.25, 0.3) is 0 Å². The lowest BCUT2D eigenvalue weighted by Crippen LogP contribution is -2.28. The predicted molar refractivity (Wildman–Crippen MR) is 82.5 cm³/mol. The van der Waals surface area contributed by atoms with E-state index in [1.54, 1.807) is 11.7 Å². The molecule has 1 aromatic carbocycles. The van der Waals surface area contributed by atoms with Gasteiger partial charge in [0.05, 0.1) is 17.3 Å². The normalized spacial score (nSPS) is 18.7. The smallest absolute Gasteiger partial charge is 0.138 e. The summed E-state index contributed by atoms with van der Waals surface area (Å²) in [7, 11) is 1.81. The summed E-state index contributed by atoms with van der Waals surface area (Å²) in [5.41, 5.74) is 7.51. The van der Waals surface area contributed by atoms with Gasteiger partial charge in [0.2, 0.25) is 0 Å². The van der Waals surface area contributed by atoms with Crippen LogP contribution in [0.3, 0.4) is 0 Å². The first kappa shape index (κ1) is 14.2. The number of hydrogen-bond acceptors (Lipinski definition) is 4. The molecule has 112 valence electrons. The summed E-state index contributed by atoms with van der Waals surface area (Å²) in [4.78, 5) is 0. The third-order valence-electron chi connectivity index (χ3n) is 3.56. The predicted octanol–water partition coefficient (Wildman–Crippen LogP) is 2.88. The summed E-state index contributed by atoms with van der Waals surface area (Å²) in [6, 6.07) is 7.48. The molecule has 0 saturated carbocycles. The van der Waals surface area contributed by atoms with Crippen LogP contribution in [0.25, 0.3) is 11.3 Å². The van der Waals surface area contributed by atoms with Gasteiger partial charge in [0, 0.05) is 25.3 Å². The van der Waals surface area contributed by atoms with Gasteiger partial charge in [-0.15, -0.1) is 0 Å². The van der Waals surface area contributed by atoms with Gasteiger partial charge in [-0.25, -0.2) is 0 Å². The van der Waals surface area contributed by atoms with Gasteiger partial charge in [-0.2, -0.15) is 5.10 Å². The van der Waals surface area contributed by atoms with E-state index in [4.69, 9.17) is 26.8 Å². The second kappa shape index (κ2) is 5.95. The molecule has 1 saturated heterocycles. The molecular weight excluding hydrogens is 290 g/mol. The molecule has 2 heterocycles. The lowest BCUT2D eigenvalue weighted by atomic mass is 10.1. The average Bonchev–Trinajstić information content (AvgIpc) is 2.82.